The fourth-order valence-electron chi connectivity index (χ4n) is 3.15. The Balaban J connectivity index is 1.73. The van der Waals surface area contributed by atoms with Gasteiger partial charge in [0.05, 0.1) is 0 Å². The highest BCUT2D eigenvalue weighted by atomic mass is 16.5. The zero-order valence-electron chi connectivity index (χ0n) is 15.8. The van der Waals surface area contributed by atoms with Gasteiger partial charge in [0.15, 0.2) is 0 Å². The third-order valence-corrected chi connectivity index (χ3v) is 4.74. The molecular formula is C22H24N2O3. The maximum atomic E-state index is 12.8. The maximum Gasteiger partial charge on any atom is 0.267 e. The van der Waals surface area contributed by atoms with Crippen LogP contribution in [0.15, 0.2) is 48.5 Å². The largest absolute Gasteiger partial charge is 0.330 e. The van der Waals surface area contributed by atoms with Gasteiger partial charge in [-0.3, -0.25) is 14.8 Å². The summed E-state index contributed by atoms with van der Waals surface area (Å²) in [5.41, 5.74) is 6.40. The van der Waals surface area contributed by atoms with Crippen LogP contribution >= 0.6 is 0 Å². The Morgan fingerprint density at radius 1 is 1.19 bits per heavy atom. The topological polar surface area (TPSA) is 69.6 Å². The average Bonchev–Trinajstić information content (AvgIpc) is 2.95. The lowest BCUT2D eigenvalue weighted by Crippen LogP contribution is -2.23. The molecule has 0 saturated heterocycles. The van der Waals surface area contributed by atoms with E-state index in [0.29, 0.717) is 18.7 Å². The Bertz CT molecular complexity index is 893. The molecule has 0 atom stereocenters. The van der Waals surface area contributed by atoms with Gasteiger partial charge in [0, 0.05) is 24.7 Å². The van der Waals surface area contributed by atoms with Crippen LogP contribution in [0.3, 0.4) is 0 Å². The number of hydrogen-bond acceptors (Lipinski definition) is 3. The van der Waals surface area contributed by atoms with Gasteiger partial charge in [-0.05, 0) is 39.8 Å². The number of carbonyl (C=O) groups excluding carboxylic acids is 2. The number of hydroxylamine groups is 1. The van der Waals surface area contributed by atoms with Crippen molar-refractivity contribution in [3.8, 4) is 0 Å². The molecule has 0 unspecified atom stereocenters. The second-order valence-electron chi connectivity index (χ2n) is 7.83. The summed E-state index contributed by atoms with van der Waals surface area (Å²) in [5.74, 6) is -0.617. The highest BCUT2D eigenvalue weighted by molar-refractivity contribution is 5.99. The highest BCUT2D eigenvalue weighted by Gasteiger charge is 2.27. The summed E-state index contributed by atoms with van der Waals surface area (Å²) in [6.07, 6.45) is 2.78. The van der Waals surface area contributed by atoms with Gasteiger partial charge in [-0.1, -0.05) is 57.2 Å². The van der Waals surface area contributed by atoms with E-state index in [1.165, 1.54) is 11.6 Å². The zero-order chi connectivity index (χ0) is 19.6. The first-order valence-corrected chi connectivity index (χ1v) is 8.92. The molecule has 1 heterocycles. The number of carbonyl (C=O) groups is 2. The monoisotopic (exact) mass is 364 g/mol. The predicted molar refractivity (Wildman–Crippen MR) is 104 cm³/mol. The van der Waals surface area contributed by atoms with Gasteiger partial charge in [0.2, 0.25) is 0 Å². The molecule has 0 fully saturated rings. The van der Waals surface area contributed by atoms with E-state index in [1.807, 2.05) is 17.0 Å². The van der Waals surface area contributed by atoms with Gasteiger partial charge in [0.1, 0.15) is 0 Å². The third-order valence-electron chi connectivity index (χ3n) is 4.74. The van der Waals surface area contributed by atoms with Gasteiger partial charge in [-0.2, -0.15) is 0 Å². The standard InChI is InChI=1S/C22H24N2O3/c1-22(2,3)18-9-5-16(6-10-18)13-24-14-17-8-4-15(7-11-20(25)23-27)12-19(17)21(24)26/h4-12,27H,13-14H2,1-3H3,(H,23,25)/b11-7+. The minimum Gasteiger partial charge on any atom is -0.330 e. The van der Waals surface area contributed by atoms with E-state index in [4.69, 9.17) is 5.21 Å². The first kappa shape index (κ1) is 18.9. The Kier molecular flexibility index (Phi) is 5.15. The molecule has 5 heteroatoms. The van der Waals surface area contributed by atoms with Crippen molar-refractivity contribution in [3.05, 3.63) is 76.4 Å². The second kappa shape index (κ2) is 7.37. The van der Waals surface area contributed by atoms with Crippen LogP contribution in [0.5, 0.6) is 0 Å². The number of fused-ring (bicyclic) bond motifs is 1. The van der Waals surface area contributed by atoms with Gasteiger partial charge in [0.25, 0.3) is 11.8 Å². The van der Waals surface area contributed by atoms with E-state index in [-0.39, 0.29) is 11.3 Å². The quantitative estimate of drug-likeness (QED) is 0.494. The molecular weight excluding hydrogens is 340 g/mol. The fourth-order valence-corrected chi connectivity index (χ4v) is 3.15. The van der Waals surface area contributed by atoms with Crippen molar-refractivity contribution in [2.24, 2.45) is 0 Å². The van der Waals surface area contributed by atoms with Crippen molar-refractivity contribution in [1.29, 1.82) is 0 Å². The van der Waals surface area contributed by atoms with Crippen LogP contribution in [-0.4, -0.2) is 21.9 Å². The van der Waals surface area contributed by atoms with Crippen molar-refractivity contribution in [3.63, 3.8) is 0 Å². The molecule has 1 aliphatic rings. The van der Waals surface area contributed by atoms with Crippen LogP contribution in [0.2, 0.25) is 0 Å². The van der Waals surface area contributed by atoms with E-state index >= 15 is 0 Å². The van der Waals surface area contributed by atoms with Crippen LogP contribution in [-0.2, 0) is 23.3 Å². The predicted octanol–water partition coefficient (Wildman–Crippen LogP) is 3.66. The van der Waals surface area contributed by atoms with Crippen LogP contribution in [0, 0.1) is 0 Å². The normalized spacial score (nSPS) is 13.9. The minimum absolute atomic E-state index is 0.00763. The summed E-state index contributed by atoms with van der Waals surface area (Å²) in [7, 11) is 0. The number of nitrogens with one attached hydrogen (secondary N) is 1. The van der Waals surface area contributed by atoms with Crippen molar-refractivity contribution in [1.82, 2.24) is 10.4 Å². The molecule has 0 saturated carbocycles. The second-order valence-corrected chi connectivity index (χ2v) is 7.83. The van der Waals surface area contributed by atoms with Crippen LogP contribution in [0.1, 0.15) is 53.4 Å². The lowest BCUT2D eigenvalue weighted by atomic mass is 9.87. The molecule has 0 bridgehead atoms. The lowest BCUT2D eigenvalue weighted by molar-refractivity contribution is -0.124. The SMILES string of the molecule is CC(C)(C)c1ccc(CN2Cc3ccc(/C=C/C(=O)NO)cc3C2=O)cc1. The van der Waals surface area contributed by atoms with Crippen molar-refractivity contribution < 1.29 is 14.8 Å². The minimum atomic E-state index is -0.609. The summed E-state index contributed by atoms with van der Waals surface area (Å²) in [4.78, 5) is 25.7. The van der Waals surface area contributed by atoms with E-state index in [2.05, 4.69) is 45.0 Å². The molecule has 1 aliphatic heterocycles. The first-order chi connectivity index (χ1) is 12.8. The number of amides is 2. The van der Waals surface area contributed by atoms with Gasteiger partial charge >= 0.3 is 0 Å². The molecule has 140 valence electrons. The van der Waals surface area contributed by atoms with E-state index in [9.17, 15) is 9.59 Å². The summed E-state index contributed by atoms with van der Waals surface area (Å²) in [6.45, 7) is 7.68. The summed E-state index contributed by atoms with van der Waals surface area (Å²) in [6, 6.07) is 14.0. The molecule has 0 aliphatic carbocycles. The molecule has 0 spiro atoms. The average molecular weight is 364 g/mol. The van der Waals surface area contributed by atoms with Crippen molar-refractivity contribution in [2.45, 2.75) is 39.3 Å². The van der Waals surface area contributed by atoms with Crippen LogP contribution in [0.25, 0.3) is 6.08 Å². The summed E-state index contributed by atoms with van der Waals surface area (Å²) < 4.78 is 0. The molecule has 0 aromatic heterocycles. The fraction of sp³-hybridized carbons (Fsp3) is 0.273. The van der Waals surface area contributed by atoms with Crippen molar-refractivity contribution >= 4 is 17.9 Å². The molecule has 3 rings (SSSR count). The molecule has 5 nitrogen and oxygen atoms in total. The zero-order valence-corrected chi connectivity index (χ0v) is 15.8. The number of benzene rings is 2. The Labute approximate surface area is 159 Å². The van der Waals surface area contributed by atoms with E-state index in [0.717, 1.165) is 16.7 Å². The first-order valence-electron chi connectivity index (χ1n) is 8.92. The smallest absolute Gasteiger partial charge is 0.267 e. The molecule has 2 amide bonds. The lowest BCUT2D eigenvalue weighted by Gasteiger charge is -2.20. The molecule has 27 heavy (non-hydrogen) atoms. The Hall–Kier alpha value is -2.92. The molecule has 2 aromatic carbocycles. The number of nitrogens with zero attached hydrogens (tertiary/aromatic N) is 1. The molecule has 2 aromatic rings. The molecule has 2 N–H and O–H groups in total. The maximum absolute atomic E-state index is 12.8. The number of hydrogen-bond donors (Lipinski definition) is 2. The highest BCUT2D eigenvalue weighted by Crippen LogP contribution is 2.27. The molecule has 0 radical (unpaired) electrons. The summed E-state index contributed by atoms with van der Waals surface area (Å²) >= 11 is 0. The van der Waals surface area contributed by atoms with Gasteiger partial charge < -0.3 is 4.90 Å². The Morgan fingerprint density at radius 2 is 1.89 bits per heavy atom. The Morgan fingerprint density at radius 3 is 2.52 bits per heavy atom. The van der Waals surface area contributed by atoms with Gasteiger partial charge in [-0.15, -0.1) is 0 Å². The van der Waals surface area contributed by atoms with Crippen LogP contribution in [0.4, 0.5) is 0 Å². The third kappa shape index (κ3) is 4.26. The summed E-state index contributed by atoms with van der Waals surface area (Å²) in [5, 5.41) is 8.53. The van der Waals surface area contributed by atoms with E-state index in [1.54, 1.807) is 17.6 Å². The number of rotatable bonds is 4. The van der Waals surface area contributed by atoms with Gasteiger partial charge in [-0.25, -0.2) is 5.48 Å². The van der Waals surface area contributed by atoms with Crippen LogP contribution < -0.4 is 5.48 Å². The van der Waals surface area contributed by atoms with Crippen molar-refractivity contribution in [2.75, 3.05) is 0 Å². The van der Waals surface area contributed by atoms with E-state index < -0.39 is 5.91 Å².